The van der Waals surface area contributed by atoms with E-state index >= 15 is 0 Å². The number of nitrogens with one attached hydrogen (secondary N) is 1. The Morgan fingerprint density at radius 1 is 1.25 bits per heavy atom. The summed E-state index contributed by atoms with van der Waals surface area (Å²) in [6, 6.07) is 0. The SMILES string of the molecule is CNC(=O)CN(CC(=O)O)CC(C)C(=O)O. The third-order valence-electron chi connectivity index (χ3n) is 1.96. The first kappa shape index (κ1) is 14.4. The molecular formula is C9H16N2O5. The molecule has 0 aliphatic rings. The van der Waals surface area contributed by atoms with Gasteiger partial charge in [0.25, 0.3) is 0 Å². The number of carboxylic acids is 2. The van der Waals surface area contributed by atoms with Crippen LogP contribution in [0.4, 0.5) is 0 Å². The second kappa shape index (κ2) is 6.78. The van der Waals surface area contributed by atoms with Crippen molar-refractivity contribution in [3.63, 3.8) is 0 Å². The molecule has 0 saturated heterocycles. The first-order chi connectivity index (χ1) is 7.36. The van der Waals surface area contributed by atoms with Gasteiger partial charge in [0, 0.05) is 13.6 Å². The van der Waals surface area contributed by atoms with Crippen molar-refractivity contribution in [3.8, 4) is 0 Å². The zero-order chi connectivity index (χ0) is 12.7. The molecule has 0 aromatic heterocycles. The first-order valence-corrected chi connectivity index (χ1v) is 4.74. The third-order valence-corrected chi connectivity index (χ3v) is 1.96. The van der Waals surface area contributed by atoms with E-state index in [1.807, 2.05) is 0 Å². The molecule has 3 N–H and O–H groups in total. The molecule has 7 nitrogen and oxygen atoms in total. The molecule has 0 heterocycles. The van der Waals surface area contributed by atoms with E-state index in [4.69, 9.17) is 10.2 Å². The number of amides is 1. The normalized spacial score (nSPS) is 12.2. The monoisotopic (exact) mass is 232 g/mol. The van der Waals surface area contributed by atoms with E-state index < -0.39 is 17.9 Å². The van der Waals surface area contributed by atoms with Crippen LogP contribution in [0.2, 0.25) is 0 Å². The van der Waals surface area contributed by atoms with Crippen molar-refractivity contribution in [1.29, 1.82) is 0 Å². The highest BCUT2D eigenvalue weighted by atomic mass is 16.4. The molecule has 0 rings (SSSR count). The van der Waals surface area contributed by atoms with E-state index in [0.29, 0.717) is 0 Å². The number of hydrogen-bond donors (Lipinski definition) is 3. The van der Waals surface area contributed by atoms with Gasteiger partial charge in [-0.05, 0) is 0 Å². The summed E-state index contributed by atoms with van der Waals surface area (Å²) in [6.45, 7) is 1.00. The average Bonchev–Trinajstić information content (AvgIpc) is 2.16. The van der Waals surface area contributed by atoms with Gasteiger partial charge in [0.15, 0.2) is 0 Å². The van der Waals surface area contributed by atoms with Crippen LogP contribution in [0.5, 0.6) is 0 Å². The molecule has 0 aliphatic carbocycles. The molecule has 1 atom stereocenters. The van der Waals surface area contributed by atoms with Crippen LogP contribution in [-0.4, -0.2) is 59.6 Å². The van der Waals surface area contributed by atoms with Crippen LogP contribution >= 0.6 is 0 Å². The van der Waals surface area contributed by atoms with Gasteiger partial charge in [-0.3, -0.25) is 19.3 Å². The van der Waals surface area contributed by atoms with Gasteiger partial charge in [-0.25, -0.2) is 0 Å². The topological polar surface area (TPSA) is 107 Å². The summed E-state index contributed by atoms with van der Waals surface area (Å²) in [5, 5.41) is 19.6. The van der Waals surface area contributed by atoms with Gasteiger partial charge < -0.3 is 15.5 Å². The molecule has 0 aromatic rings. The van der Waals surface area contributed by atoms with Crippen molar-refractivity contribution in [1.82, 2.24) is 10.2 Å². The van der Waals surface area contributed by atoms with Crippen molar-refractivity contribution in [2.45, 2.75) is 6.92 Å². The van der Waals surface area contributed by atoms with E-state index in [-0.39, 0.29) is 25.5 Å². The zero-order valence-corrected chi connectivity index (χ0v) is 9.27. The van der Waals surface area contributed by atoms with Crippen molar-refractivity contribution in [3.05, 3.63) is 0 Å². The first-order valence-electron chi connectivity index (χ1n) is 4.74. The number of hydrogen-bond acceptors (Lipinski definition) is 4. The number of carboxylic acid groups (broad SMARTS) is 2. The van der Waals surface area contributed by atoms with Crippen LogP contribution in [0, 0.1) is 5.92 Å². The Kier molecular flexibility index (Phi) is 6.09. The van der Waals surface area contributed by atoms with Crippen LogP contribution in [0.15, 0.2) is 0 Å². The van der Waals surface area contributed by atoms with E-state index in [0.717, 1.165) is 0 Å². The molecular weight excluding hydrogens is 216 g/mol. The molecule has 1 amide bonds. The summed E-state index contributed by atoms with van der Waals surface area (Å²) < 4.78 is 0. The summed E-state index contributed by atoms with van der Waals surface area (Å²) >= 11 is 0. The van der Waals surface area contributed by atoms with Crippen molar-refractivity contribution >= 4 is 17.8 Å². The minimum Gasteiger partial charge on any atom is -0.481 e. The van der Waals surface area contributed by atoms with Gasteiger partial charge in [0.05, 0.1) is 19.0 Å². The van der Waals surface area contributed by atoms with Crippen molar-refractivity contribution in [2.24, 2.45) is 5.92 Å². The lowest BCUT2D eigenvalue weighted by molar-refractivity contribution is -0.144. The number of nitrogens with zero attached hydrogens (tertiary/aromatic N) is 1. The summed E-state index contributed by atoms with van der Waals surface area (Å²) in [4.78, 5) is 33.5. The van der Waals surface area contributed by atoms with Crippen LogP contribution in [0.3, 0.4) is 0 Å². The van der Waals surface area contributed by atoms with Crippen LogP contribution in [0.25, 0.3) is 0 Å². The van der Waals surface area contributed by atoms with Gasteiger partial charge in [0.2, 0.25) is 5.91 Å². The smallest absolute Gasteiger partial charge is 0.317 e. The molecule has 0 fully saturated rings. The van der Waals surface area contributed by atoms with Crippen LogP contribution in [-0.2, 0) is 14.4 Å². The largest absolute Gasteiger partial charge is 0.481 e. The van der Waals surface area contributed by atoms with Crippen LogP contribution < -0.4 is 5.32 Å². The Balaban J connectivity index is 4.36. The second-order valence-electron chi connectivity index (χ2n) is 3.48. The molecule has 1 unspecified atom stereocenters. The molecule has 0 aliphatic heterocycles. The maximum atomic E-state index is 11.1. The molecule has 0 spiro atoms. The van der Waals surface area contributed by atoms with E-state index in [1.54, 1.807) is 0 Å². The number of rotatable bonds is 7. The maximum absolute atomic E-state index is 11.1. The average molecular weight is 232 g/mol. The fourth-order valence-corrected chi connectivity index (χ4v) is 1.12. The minimum absolute atomic E-state index is 0.0229. The summed E-state index contributed by atoms with van der Waals surface area (Å²) in [5.74, 6) is -3.18. The van der Waals surface area contributed by atoms with E-state index in [1.165, 1.54) is 18.9 Å². The number of carbonyl (C=O) groups is 3. The molecule has 92 valence electrons. The quantitative estimate of drug-likeness (QED) is 0.511. The fourth-order valence-electron chi connectivity index (χ4n) is 1.12. The molecule has 7 heteroatoms. The molecule has 0 aromatic carbocycles. The summed E-state index contributed by atoms with van der Waals surface area (Å²) in [6.07, 6.45) is 0. The van der Waals surface area contributed by atoms with Gasteiger partial charge >= 0.3 is 11.9 Å². The lowest BCUT2D eigenvalue weighted by Gasteiger charge is -2.21. The lowest BCUT2D eigenvalue weighted by atomic mass is 10.1. The lowest BCUT2D eigenvalue weighted by Crippen LogP contribution is -2.42. The highest BCUT2D eigenvalue weighted by molar-refractivity contribution is 5.79. The minimum atomic E-state index is -1.10. The van der Waals surface area contributed by atoms with Gasteiger partial charge in [0.1, 0.15) is 0 Å². The molecule has 16 heavy (non-hydrogen) atoms. The Bertz CT molecular complexity index is 279. The highest BCUT2D eigenvalue weighted by Crippen LogP contribution is 2.00. The Hall–Kier alpha value is -1.63. The summed E-state index contributed by atoms with van der Waals surface area (Å²) in [5.41, 5.74) is 0. The van der Waals surface area contributed by atoms with E-state index in [2.05, 4.69) is 5.32 Å². The molecule has 0 saturated carbocycles. The second-order valence-corrected chi connectivity index (χ2v) is 3.48. The number of carbonyl (C=O) groups excluding carboxylic acids is 1. The molecule has 0 radical (unpaired) electrons. The van der Waals surface area contributed by atoms with Crippen molar-refractivity contribution in [2.75, 3.05) is 26.7 Å². The van der Waals surface area contributed by atoms with Gasteiger partial charge in [-0.2, -0.15) is 0 Å². The Morgan fingerprint density at radius 3 is 2.19 bits per heavy atom. The summed E-state index contributed by atoms with van der Waals surface area (Å²) in [7, 11) is 1.43. The predicted octanol–water partition coefficient (Wildman–Crippen LogP) is -1.16. The predicted molar refractivity (Wildman–Crippen MR) is 54.9 cm³/mol. The zero-order valence-electron chi connectivity index (χ0n) is 9.27. The Morgan fingerprint density at radius 2 is 1.81 bits per heavy atom. The van der Waals surface area contributed by atoms with Gasteiger partial charge in [-0.15, -0.1) is 0 Å². The standard InChI is InChI=1S/C9H16N2O5/c1-6(9(15)16)3-11(5-8(13)14)4-7(12)10-2/h6H,3-5H2,1-2H3,(H,10,12)(H,13,14)(H,15,16). The Labute approximate surface area is 93.0 Å². The fraction of sp³-hybridized carbons (Fsp3) is 0.667. The maximum Gasteiger partial charge on any atom is 0.317 e. The number of aliphatic carboxylic acids is 2. The molecule has 0 bridgehead atoms. The van der Waals surface area contributed by atoms with Gasteiger partial charge in [-0.1, -0.05) is 6.92 Å². The van der Waals surface area contributed by atoms with Crippen LogP contribution in [0.1, 0.15) is 6.92 Å². The van der Waals surface area contributed by atoms with Crippen molar-refractivity contribution < 1.29 is 24.6 Å². The highest BCUT2D eigenvalue weighted by Gasteiger charge is 2.19. The number of likely N-dealkylation sites (N-methyl/N-ethyl adjacent to an activating group) is 1. The van der Waals surface area contributed by atoms with E-state index in [9.17, 15) is 14.4 Å². The third kappa shape index (κ3) is 5.97.